The minimum absolute atomic E-state index is 0.00558. The number of carbonyl (C=O) groups is 1. The van der Waals surface area contributed by atoms with Crippen molar-refractivity contribution in [1.82, 2.24) is 4.98 Å². The Bertz CT molecular complexity index is 1010. The molecule has 0 bridgehead atoms. The minimum atomic E-state index is -0.308. The maximum absolute atomic E-state index is 13.8. The molecular formula is C22H21FN2O2. The van der Waals surface area contributed by atoms with E-state index in [2.05, 4.69) is 10.3 Å². The first kappa shape index (κ1) is 17.5. The third-order valence-corrected chi connectivity index (χ3v) is 4.54. The molecule has 0 atom stereocenters. The molecule has 0 saturated heterocycles. The lowest BCUT2D eigenvalue weighted by molar-refractivity contribution is -0.117. The number of pyridine rings is 1. The number of hydrogen-bond donors (Lipinski definition) is 1. The van der Waals surface area contributed by atoms with Gasteiger partial charge in [0.05, 0.1) is 6.10 Å². The Morgan fingerprint density at radius 2 is 1.96 bits per heavy atom. The molecule has 0 unspecified atom stereocenters. The van der Waals surface area contributed by atoms with Gasteiger partial charge in [0.1, 0.15) is 17.4 Å². The van der Waals surface area contributed by atoms with E-state index >= 15 is 0 Å². The van der Waals surface area contributed by atoms with E-state index in [0.717, 1.165) is 29.2 Å². The molecule has 1 N–H and O–H groups in total. The highest BCUT2D eigenvalue weighted by Gasteiger charge is 2.29. The average Bonchev–Trinajstić information content (AvgIpc) is 3.47. The van der Waals surface area contributed by atoms with Crippen molar-refractivity contribution in [1.29, 1.82) is 0 Å². The predicted molar refractivity (Wildman–Crippen MR) is 104 cm³/mol. The Morgan fingerprint density at radius 3 is 2.70 bits per heavy atom. The quantitative estimate of drug-likeness (QED) is 0.679. The molecular weight excluding hydrogens is 343 g/mol. The predicted octanol–water partition coefficient (Wildman–Crippen LogP) is 5.18. The lowest BCUT2D eigenvalue weighted by Crippen LogP contribution is -2.14. The lowest BCUT2D eigenvalue weighted by Gasteiger charge is -2.15. The molecule has 1 aliphatic carbocycles. The molecule has 0 spiro atoms. The number of nitrogens with zero attached hydrogens (tertiary/aromatic N) is 1. The van der Waals surface area contributed by atoms with Crippen LogP contribution in [0, 0.1) is 11.7 Å². The lowest BCUT2D eigenvalue weighted by atomic mass is 10.0. The first-order valence-corrected chi connectivity index (χ1v) is 9.17. The highest BCUT2D eigenvalue weighted by molar-refractivity contribution is 5.96. The van der Waals surface area contributed by atoms with Crippen molar-refractivity contribution in [3.8, 4) is 16.9 Å². The summed E-state index contributed by atoms with van der Waals surface area (Å²) in [5.41, 5.74) is 1.56. The van der Waals surface area contributed by atoms with Gasteiger partial charge in [0.25, 0.3) is 0 Å². The largest absolute Gasteiger partial charge is 0.490 e. The monoisotopic (exact) mass is 364 g/mol. The zero-order valence-corrected chi connectivity index (χ0v) is 15.3. The summed E-state index contributed by atoms with van der Waals surface area (Å²) in [6.45, 7) is 3.88. The molecule has 0 aliphatic heterocycles. The van der Waals surface area contributed by atoms with E-state index in [-0.39, 0.29) is 23.7 Å². The van der Waals surface area contributed by atoms with Crippen LogP contribution in [0.25, 0.3) is 21.9 Å². The second-order valence-corrected chi connectivity index (χ2v) is 7.20. The topological polar surface area (TPSA) is 51.2 Å². The molecule has 1 heterocycles. The van der Waals surface area contributed by atoms with Crippen molar-refractivity contribution in [2.45, 2.75) is 32.8 Å². The van der Waals surface area contributed by atoms with Gasteiger partial charge in [-0.25, -0.2) is 9.37 Å². The van der Waals surface area contributed by atoms with Crippen molar-refractivity contribution in [3.63, 3.8) is 0 Å². The van der Waals surface area contributed by atoms with Crippen LogP contribution in [0.2, 0.25) is 0 Å². The Balaban J connectivity index is 1.67. The van der Waals surface area contributed by atoms with Gasteiger partial charge in [-0.15, -0.1) is 0 Å². The summed E-state index contributed by atoms with van der Waals surface area (Å²) in [7, 11) is 0. The molecule has 4 nitrogen and oxygen atoms in total. The molecule has 138 valence electrons. The molecule has 1 aromatic heterocycles. The average molecular weight is 364 g/mol. The van der Waals surface area contributed by atoms with Crippen LogP contribution in [0.1, 0.15) is 26.7 Å². The van der Waals surface area contributed by atoms with Crippen LogP contribution in [0.15, 0.2) is 48.7 Å². The van der Waals surface area contributed by atoms with Gasteiger partial charge in [-0.05, 0) is 68.0 Å². The molecule has 3 aromatic rings. The van der Waals surface area contributed by atoms with E-state index in [1.807, 2.05) is 38.1 Å². The number of hydrogen-bond acceptors (Lipinski definition) is 3. The summed E-state index contributed by atoms with van der Waals surface area (Å²) < 4.78 is 19.6. The summed E-state index contributed by atoms with van der Waals surface area (Å²) in [6, 6.07) is 12.2. The third kappa shape index (κ3) is 3.92. The summed E-state index contributed by atoms with van der Waals surface area (Å²) in [4.78, 5) is 16.2. The molecule has 1 amide bonds. The molecule has 1 saturated carbocycles. The Hall–Kier alpha value is -2.95. The van der Waals surface area contributed by atoms with Crippen LogP contribution in [0.4, 0.5) is 10.2 Å². The van der Waals surface area contributed by atoms with Crippen LogP contribution in [0.3, 0.4) is 0 Å². The molecule has 0 radical (unpaired) electrons. The highest BCUT2D eigenvalue weighted by atomic mass is 19.1. The van der Waals surface area contributed by atoms with Gasteiger partial charge in [0.2, 0.25) is 5.91 Å². The first-order chi connectivity index (χ1) is 13.0. The van der Waals surface area contributed by atoms with Gasteiger partial charge >= 0.3 is 0 Å². The maximum atomic E-state index is 13.8. The van der Waals surface area contributed by atoms with Crippen LogP contribution in [0.5, 0.6) is 5.75 Å². The maximum Gasteiger partial charge on any atom is 0.228 e. The second-order valence-electron chi connectivity index (χ2n) is 7.20. The molecule has 5 heteroatoms. The summed E-state index contributed by atoms with van der Waals surface area (Å²) >= 11 is 0. The number of fused-ring (bicyclic) bond motifs is 1. The number of nitrogens with one attached hydrogen (secondary N) is 1. The Morgan fingerprint density at radius 1 is 1.15 bits per heavy atom. The first-order valence-electron chi connectivity index (χ1n) is 9.17. The molecule has 1 fully saturated rings. The van der Waals surface area contributed by atoms with E-state index < -0.39 is 0 Å². The smallest absolute Gasteiger partial charge is 0.228 e. The minimum Gasteiger partial charge on any atom is -0.490 e. The van der Waals surface area contributed by atoms with Crippen molar-refractivity contribution >= 4 is 22.5 Å². The van der Waals surface area contributed by atoms with Gasteiger partial charge < -0.3 is 10.1 Å². The van der Waals surface area contributed by atoms with Gasteiger partial charge in [0.15, 0.2) is 0 Å². The number of amides is 1. The van der Waals surface area contributed by atoms with Crippen LogP contribution >= 0.6 is 0 Å². The Labute approximate surface area is 157 Å². The number of ether oxygens (including phenoxy) is 1. The highest BCUT2D eigenvalue weighted by Crippen LogP contribution is 2.34. The zero-order valence-electron chi connectivity index (χ0n) is 15.3. The van der Waals surface area contributed by atoms with Crippen molar-refractivity contribution in [2.24, 2.45) is 5.92 Å². The standard InChI is InChI=1S/C22H21FN2O2/c1-13(2)27-20-8-7-18(23)11-19(20)16-6-5-15-10-21(24-12-17(15)9-16)25-22(26)14-3-4-14/h5-14H,3-4H2,1-2H3,(H,24,25,26). The summed E-state index contributed by atoms with van der Waals surface area (Å²) in [5, 5.41) is 4.74. The fraction of sp³-hybridized carbons (Fsp3) is 0.273. The van der Waals surface area contributed by atoms with Crippen LogP contribution in [-0.4, -0.2) is 17.0 Å². The second kappa shape index (κ2) is 6.99. The van der Waals surface area contributed by atoms with Crippen molar-refractivity contribution in [3.05, 3.63) is 54.5 Å². The molecule has 2 aromatic carbocycles. The molecule has 27 heavy (non-hydrogen) atoms. The number of benzene rings is 2. The van der Waals surface area contributed by atoms with Crippen LogP contribution < -0.4 is 10.1 Å². The molecule has 4 rings (SSSR count). The summed E-state index contributed by atoms with van der Waals surface area (Å²) in [6.07, 6.45) is 3.63. The number of carbonyl (C=O) groups excluding carboxylic acids is 1. The van der Waals surface area contributed by atoms with Gasteiger partial charge in [0, 0.05) is 23.1 Å². The number of anilines is 1. The number of halogens is 1. The number of rotatable bonds is 5. The van der Waals surface area contributed by atoms with Gasteiger partial charge in [-0.3, -0.25) is 4.79 Å². The zero-order chi connectivity index (χ0) is 19.0. The Kier molecular flexibility index (Phi) is 4.52. The SMILES string of the molecule is CC(C)Oc1ccc(F)cc1-c1ccc2cc(NC(=O)C3CC3)ncc2c1. The van der Waals surface area contributed by atoms with E-state index in [1.54, 1.807) is 12.3 Å². The van der Waals surface area contributed by atoms with Crippen molar-refractivity contribution < 1.29 is 13.9 Å². The summed E-state index contributed by atoms with van der Waals surface area (Å²) in [5.74, 6) is 1.07. The fourth-order valence-electron chi connectivity index (χ4n) is 3.04. The van der Waals surface area contributed by atoms with E-state index in [9.17, 15) is 9.18 Å². The fourth-order valence-corrected chi connectivity index (χ4v) is 3.04. The third-order valence-electron chi connectivity index (χ3n) is 4.54. The van der Waals surface area contributed by atoms with Gasteiger partial charge in [-0.1, -0.05) is 12.1 Å². The van der Waals surface area contributed by atoms with E-state index in [0.29, 0.717) is 17.1 Å². The van der Waals surface area contributed by atoms with Gasteiger partial charge in [-0.2, -0.15) is 0 Å². The van der Waals surface area contributed by atoms with Crippen LogP contribution in [-0.2, 0) is 4.79 Å². The normalized spacial score (nSPS) is 13.8. The molecule has 1 aliphatic rings. The van der Waals surface area contributed by atoms with E-state index in [1.165, 1.54) is 12.1 Å². The number of aromatic nitrogens is 1. The van der Waals surface area contributed by atoms with E-state index in [4.69, 9.17) is 4.74 Å². The van der Waals surface area contributed by atoms with Crippen molar-refractivity contribution in [2.75, 3.05) is 5.32 Å².